The van der Waals surface area contributed by atoms with Gasteiger partial charge in [-0.3, -0.25) is 0 Å². The molecule has 2 N–H and O–H groups in total. The summed E-state index contributed by atoms with van der Waals surface area (Å²) >= 11 is 0. The smallest absolute Gasteiger partial charge is 0.486 e. The van der Waals surface area contributed by atoms with E-state index in [0.29, 0.717) is 0 Å². The monoisotopic (exact) mass is 278 g/mol. The van der Waals surface area contributed by atoms with Crippen LogP contribution in [0.5, 0.6) is 5.75 Å². The lowest BCUT2D eigenvalue weighted by Gasteiger charge is -2.10. The topological polar surface area (TPSA) is 49.7 Å². The van der Waals surface area contributed by atoms with Crippen molar-refractivity contribution < 1.29 is 23.6 Å². The molecule has 104 valence electrons. The summed E-state index contributed by atoms with van der Waals surface area (Å²) < 4.78 is 32.4. The van der Waals surface area contributed by atoms with Crippen LogP contribution in [0.1, 0.15) is 11.1 Å². The molecular weight excluding hydrogens is 265 g/mol. The minimum atomic E-state index is -1.73. The molecule has 0 atom stereocenters. The molecule has 0 heterocycles. The molecular formula is C14H13BF2O3. The average molecular weight is 278 g/mol. The van der Waals surface area contributed by atoms with E-state index in [2.05, 4.69) is 0 Å². The maximum absolute atomic E-state index is 13.7. The van der Waals surface area contributed by atoms with E-state index >= 15 is 0 Å². The van der Waals surface area contributed by atoms with Gasteiger partial charge in [0.1, 0.15) is 12.4 Å². The predicted molar refractivity (Wildman–Crippen MR) is 71.7 cm³/mol. The molecule has 0 amide bonds. The van der Waals surface area contributed by atoms with Gasteiger partial charge in [-0.25, -0.2) is 8.78 Å². The van der Waals surface area contributed by atoms with Crippen LogP contribution in [0, 0.1) is 18.6 Å². The summed E-state index contributed by atoms with van der Waals surface area (Å²) in [6, 6.07) is 8.18. The highest BCUT2D eigenvalue weighted by Gasteiger charge is 2.14. The Bertz CT molecular complexity index is 617. The van der Waals surface area contributed by atoms with Crippen LogP contribution >= 0.6 is 0 Å². The Labute approximate surface area is 115 Å². The van der Waals surface area contributed by atoms with Crippen molar-refractivity contribution in [2.24, 2.45) is 0 Å². The van der Waals surface area contributed by atoms with Crippen molar-refractivity contribution in [2.75, 3.05) is 0 Å². The second kappa shape index (κ2) is 6.03. The average Bonchev–Trinajstić information content (AvgIpc) is 2.40. The van der Waals surface area contributed by atoms with Crippen LogP contribution in [0.15, 0.2) is 36.4 Å². The van der Waals surface area contributed by atoms with Crippen molar-refractivity contribution in [2.45, 2.75) is 13.5 Å². The minimum absolute atomic E-state index is 0.0491. The third kappa shape index (κ3) is 3.34. The van der Waals surface area contributed by atoms with E-state index < -0.39 is 18.8 Å². The van der Waals surface area contributed by atoms with Crippen molar-refractivity contribution in [1.82, 2.24) is 0 Å². The zero-order chi connectivity index (χ0) is 14.7. The molecule has 2 rings (SSSR count). The van der Waals surface area contributed by atoms with E-state index in [-0.39, 0.29) is 23.4 Å². The van der Waals surface area contributed by atoms with Crippen molar-refractivity contribution in [3.05, 3.63) is 59.2 Å². The summed E-state index contributed by atoms with van der Waals surface area (Å²) in [6.07, 6.45) is 0. The molecule has 0 aliphatic carbocycles. The van der Waals surface area contributed by atoms with Gasteiger partial charge >= 0.3 is 7.12 Å². The van der Waals surface area contributed by atoms with E-state index in [1.165, 1.54) is 24.3 Å². The number of hydrogen-bond acceptors (Lipinski definition) is 3. The SMILES string of the molecule is Cc1ccc(F)c(OCc2ccc(B(O)O)cc2F)c1. The number of ether oxygens (including phenoxy) is 1. The largest absolute Gasteiger partial charge is 0.488 e. The molecule has 0 fully saturated rings. The molecule has 3 nitrogen and oxygen atoms in total. The normalized spacial score (nSPS) is 10.4. The van der Waals surface area contributed by atoms with E-state index in [9.17, 15) is 8.78 Å². The maximum atomic E-state index is 13.7. The van der Waals surface area contributed by atoms with Gasteiger partial charge in [-0.1, -0.05) is 18.2 Å². The molecule has 0 saturated carbocycles. The summed E-state index contributed by atoms with van der Waals surface area (Å²) in [7, 11) is -1.73. The number of halogens is 2. The van der Waals surface area contributed by atoms with E-state index in [1.807, 2.05) is 0 Å². The first-order valence-electron chi connectivity index (χ1n) is 6.01. The second-order valence-electron chi connectivity index (χ2n) is 4.45. The van der Waals surface area contributed by atoms with Crippen LogP contribution in [-0.2, 0) is 6.61 Å². The summed E-state index contributed by atoms with van der Waals surface area (Å²) in [5.41, 5.74) is 1.09. The summed E-state index contributed by atoms with van der Waals surface area (Å²) in [5.74, 6) is -1.10. The third-order valence-corrected chi connectivity index (χ3v) is 2.85. The Morgan fingerprint density at radius 1 is 1.05 bits per heavy atom. The first-order chi connectivity index (χ1) is 9.47. The Morgan fingerprint density at radius 3 is 2.45 bits per heavy atom. The zero-order valence-electron chi connectivity index (χ0n) is 10.8. The van der Waals surface area contributed by atoms with Crippen LogP contribution < -0.4 is 10.2 Å². The molecule has 6 heteroatoms. The van der Waals surface area contributed by atoms with Gasteiger partial charge < -0.3 is 14.8 Å². The fourth-order valence-electron chi connectivity index (χ4n) is 1.72. The fraction of sp³-hybridized carbons (Fsp3) is 0.143. The summed E-state index contributed by atoms with van der Waals surface area (Å²) in [5, 5.41) is 17.8. The van der Waals surface area contributed by atoms with Gasteiger partial charge in [0.2, 0.25) is 0 Å². The highest BCUT2D eigenvalue weighted by atomic mass is 19.1. The van der Waals surface area contributed by atoms with E-state index in [1.54, 1.807) is 13.0 Å². The Morgan fingerprint density at radius 2 is 1.80 bits per heavy atom. The standard InChI is InChI=1S/C14H13BF2O3/c1-9-2-5-12(16)14(6-9)20-8-10-3-4-11(15(18)19)7-13(10)17/h2-7,18-19H,8H2,1H3. The number of hydrogen-bond donors (Lipinski definition) is 2. The quantitative estimate of drug-likeness (QED) is 0.834. The lowest BCUT2D eigenvalue weighted by atomic mass is 9.80. The van der Waals surface area contributed by atoms with Gasteiger partial charge in [0, 0.05) is 5.56 Å². The molecule has 0 aromatic heterocycles. The number of aryl methyl sites for hydroxylation is 1. The lowest BCUT2D eigenvalue weighted by molar-refractivity contribution is 0.284. The van der Waals surface area contributed by atoms with Gasteiger partial charge in [0.15, 0.2) is 11.6 Å². The van der Waals surface area contributed by atoms with Crippen LogP contribution in [0.2, 0.25) is 0 Å². The fourth-order valence-corrected chi connectivity index (χ4v) is 1.72. The summed E-state index contributed by atoms with van der Waals surface area (Å²) in [4.78, 5) is 0. The molecule has 0 bridgehead atoms. The molecule has 0 unspecified atom stereocenters. The predicted octanol–water partition coefficient (Wildman–Crippen LogP) is 1.53. The molecule has 0 saturated heterocycles. The van der Waals surface area contributed by atoms with Crippen molar-refractivity contribution >= 4 is 12.6 Å². The van der Waals surface area contributed by atoms with E-state index in [4.69, 9.17) is 14.8 Å². The number of benzene rings is 2. The van der Waals surface area contributed by atoms with Crippen LogP contribution in [0.4, 0.5) is 8.78 Å². The van der Waals surface area contributed by atoms with Gasteiger partial charge in [0.25, 0.3) is 0 Å². The molecule has 20 heavy (non-hydrogen) atoms. The molecule has 2 aromatic carbocycles. The van der Waals surface area contributed by atoms with Gasteiger partial charge in [-0.2, -0.15) is 0 Å². The van der Waals surface area contributed by atoms with Crippen LogP contribution in [0.25, 0.3) is 0 Å². The molecule has 0 aliphatic heterocycles. The van der Waals surface area contributed by atoms with Crippen molar-refractivity contribution in [1.29, 1.82) is 0 Å². The van der Waals surface area contributed by atoms with Crippen LogP contribution in [-0.4, -0.2) is 17.2 Å². The summed E-state index contributed by atoms with van der Waals surface area (Å²) in [6.45, 7) is 1.65. The first kappa shape index (κ1) is 14.5. The highest BCUT2D eigenvalue weighted by Crippen LogP contribution is 2.20. The third-order valence-electron chi connectivity index (χ3n) is 2.85. The molecule has 0 radical (unpaired) electrons. The molecule has 2 aromatic rings. The Balaban J connectivity index is 2.13. The highest BCUT2D eigenvalue weighted by molar-refractivity contribution is 6.58. The minimum Gasteiger partial charge on any atom is -0.486 e. The Kier molecular flexibility index (Phi) is 4.37. The van der Waals surface area contributed by atoms with Crippen LogP contribution in [0.3, 0.4) is 0 Å². The van der Waals surface area contributed by atoms with Gasteiger partial charge in [0.05, 0.1) is 0 Å². The van der Waals surface area contributed by atoms with Gasteiger partial charge in [-0.05, 0) is 36.1 Å². The number of rotatable bonds is 4. The zero-order valence-corrected chi connectivity index (χ0v) is 10.8. The van der Waals surface area contributed by atoms with E-state index in [0.717, 1.165) is 11.6 Å². The Hall–Kier alpha value is -1.92. The lowest BCUT2D eigenvalue weighted by Crippen LogP contribution is -2.30. The van der Waals surface area contributed by atoms with Crippen molar-refractivity contribution in [3.63, 3.8) is 0 Å². The molecule has 0 spiro atoms. The molecule has 0 aliphatic rings. The first-order valence-corrected chi connectivity index (χ1v) is 6.01. The van der Waals surface area contributed by atoms with Gasteiger partial charge in [-0.15, -0.1) is 0 Å². The second-order valence-corrected chi connectivity index (χ2v) is 4.45. The maximum Gasteiger partial charge on any atom is 0.488 e. The van der Waals surface area contributed by atoms with Crippen molar-refractivity contribution in [3.8, 4) is 5.75 Å².